The summed E-state index contributed by atoms with van der Waals surface area (Å²) in [7, 11) is 1.95. The first-order chi connectivity index (χ1) is 7.79. The van der Waals surface area contributed by atoms with Crippen LogP contribution in [0.25, 0.3) is 11.3 Å². The quantitative estimate of drug-likeness (QED) is 0.848. The third-order valence-corrected chi connectivity index (χ3v) is 2.62. The second-order valence-corrected chi connectivity index (χ2v) is 3.99. The summed E-state index contributed by atoms with van der Waals surface area (Å²) in [4.78, 5) is 0. The standard InChI is InChI=1S/C14H17NO/c1-11-3-5-12(6-4-11)14-8-7-13(16-14)9-10-15-2/h3-8,15H,9-10H2,1-2H3. The van der Waals surface area contributed by atoms with Crippen LogP contribution in [0.5, 0.6) is 0 Å². The summed E-state index contributed by atoms with van der Waals surface area (Å²) in [5.41, 5.74) is 2.41. The lowest BCUT2D eigenvalue weighted by molar-refractivity contribution is 0.516. The van der Waals surface area contributed by atoms with Gasteiger partial charge in [0.25, 0.3) is 0 Å². The minimum absolute atomic E-state index is 0.933. The Morgan fingerprint density at radius 1 is 1.06 bits per heavy atom. The van der Waals surface area contributed by atoms with E-state index in [0.717, 1.165) is 30.0 Å². The van der Waals surface area contributed by atoms with Crippen LogP contribution >= 0.6 is 0 Å². The van der Waals surface area contributed by atoms with Gasteiger partial charge < -0.3 is 9.73 Å². The monoisotopic (exact) mass is 215 g/mol. The zero-order chi connectivity index (χ0) is 11.4. The summed E-state index contributed by atoms with van der Waals surface area (Å²) in [6.07, 6.45) is 0.933. The van der Waals surface area contributed by atoms with Gasteiger partial charge in [-0.3, -0.25) is 0 Å². The summed E-state index contributed by atoms with van der Waals surface area (Å²) in [5, 5.41) is 3.11. The molecule has 2 aromatic rings. The fourth-order valence-corrected chi connectivity index (χ4v) is 1.63. The lowest BCUT2D eigenvalue weighted by Crippen LogP contribution is -2.09. The number of hydrogen-bond acceptors (Lipinski definition) is 2. The van der Waals surface area contributed by atoms with E-state index < -0.39 is 0 Å². The van der Waals surface area contributed by atoms with Crippen LogP contribution in [0, 0.1) is 6.92 Å². The van der Waals surface area contributed by atoms with Crippen LogP contribution < -0.4 is 5.32 Å². The Labute approximate surface area is 96.3 Å². The third-order valence-electron chi connectivity index (χ3n) is 2.62. The van der Waals surface area contributed by atoms with E-state index in [1.165, 1.54) is 5.56 Å². The molecule has 0 spiro atoms. The van der Waals surface area contributed by atoms with Crippen LogP contribution in [0.2, 0.25) is 0 Å². The van der Waals surface area contributed by atoms with E-state index in [0.29, 0.717) is 0 Å². The second-order valence-electron chi connectivity index (χ2n) is 3.99. The van der Waals surface area contributed by atoms with Crippen molar-refractivity contribution in [2.24, 2.45) is 0 Å². The predicted octanol–water partition coefficient (Wildman–Crippen LogP) is 3.02. The highest BCUT2D eigenvalue weighted by atomic mass is 16.3. The first-order valence-electron chi connectivity index (χ1n) is 5.60. The van der Waals surface area contributed by atoms with Crippen LogP contribution in [0.1, 0.15) is 11.3 Å². The van der Waals surface area contributed by atoms with Crippen molar-refractivity contribution in [1.82, 2.24) is 5.32 Å². The molecule has 0 atom stereocenters. The van der Waals surface area contributed by atoms with Gasteiger partial charge in [0.1, 0.15) is 11.5 Å². The maximum atomic E-state index is 5.77. The highest BCUT2D eigenvalue weighted by Crippen LogP contribution is 2.22. The van der Waals surface area contributed by atoms with E-state index in [1.54, 1.807) is 0 Å². The van der Waals surface area contributed by atoms with Crippen LogP contribution in [-0.4, -0.2) is 13.6 Å². The summed E-state index contributed by atoms with van der Waals surface area (Å²) in [5.74, 6) is 1.98. The Balaban J connectivity index is 2.15. The van der Waals surface area contributed by atoms with Crippen LogP contribution in [0.4, 0.5) is 0 Å². The normalized spacial score (nSPS) is 10.6. The first kappa shape index (κ1) is 11.0. The number of aryl methyl sites for hydroxylation is 1. The molecule has 1 aromatic carbocycles. The number of nitrogens with one attached hydrogen (secondary N) is 1. The molecule has 16 heavy (non-hydrogen) atoms. The van der Waals surface area contributed by atoms with Gasteiger partial charge in [0.05, 0.1) is 0 Å². The summed E-state index contributed by atoms with van der Waals surface area (Å²) < 4.78 is 5.77. The number of furan rings is 1. The van der Waals surface area contributed by atoms with E-state index >= 15 is 0 Å². The lowest BCUT2D eigenvalue weighted by Gasteiger charge is -1.98. The van der Waals surface area contributed by atoms with Gasteiger partial charge >= 0.3 is 0 Å². The fraction of sp³-hybridized carbons (Fsp3) is 0.286. The van der Waals surface area contributed by atoms with Crippen molar-refractivity contribution in [2.45, 2.75) is 13.3 Å². The molecule has 0 bridgehead atoms. The topological polar surface area (TPSA) is 25.2 Å². The van der Waals surface area contributed by atoms with Crippen molar-refractivity contribution in [3.8, 4) is 11.3 Å². The highest BCUT2D eigenvalue weighted by molar-refractivity contribution is 5.57. The van der Waals surface area contributed by atoms with Gasteiger partial charge in [-0.2, -0.15) is 0 Å². The Morgan fingerprint density at radius 2 is 1.81 bits per heavy atom. The van der Waals surface area contributed by atoms with E-state index in [2.05, 4.69) is 36.5 Å². The minimum Gasteiger partial charge on any atom is -0.461 e. The number of benzene rings is 1. The molecule has 2 heteroatoms. The molecule has 0 saturated heterocycles. The van der Waals surface area contributed by atoms with E-state index in [-0.39, 0.29) is 0 Å². The molecule has 2 nitrogen and oxygen atoms in total. The van der Waals surface area contributed by atoms with E-state index in [4.69, 9.17) is 4.42 Å². The highest BCUT2D eigenvalue weighted by Gasteiger charge is 2.03. The second kappa shape index (κ2) is 4.99. The summed E-state index contributed by atoms with van der Waals surface area (Å²) in [6.45, 7) is 3.03. The fourth-order valence-electron chi connectivity index (χ4n) is 1.63. The number of hydrogen-bond donors (Lipinski definition) is 1. The maximum absolute atomic E-state index is 5.77. The molecular formula is C14H17NO. The van der Waals surface area contributed by atoms with Gasteiger partial charge in [-0.05, 0) is 26.1 Å². The smallest absolute Gasteiger partial charge is 0.134 e. The van der Waals surface area contributed by atoms with Crippen molar-refractivity contribution in [3.63, 3.8) is 0 Å². The minimum atomic E-state index is 0.933. The molecule has 0 aliphatic rings. The number of likely N-dealkylation sites (N-methyl/N-ethyl adjacent to an activating group) is 1. The van der Waals surface area contributed by atoms with E-state index in [1.807, 2.05) is 19.2 Å². The van der Waals surface area contributed by atoms with Crippen molar-refractivity contribution in [2.75, 3.05) is 13.6 Å². The van der Waals surface area contributed by atoms with Gasteiger partial charge in [0.2, 0.25) is 0 Å². The summed E-state index contributed by atoms with van der Waals surface area (Å²) in [6, 6.07) is 12.5. The van der Waals surface area contributed by atoms with Crippen molar-refractivity contribution in [1.29, 1.82) is 0 Å². The van der Waals surface area contributed by atoms with Crippen LogP contribution in [-0.2, 0) is 6.42 Å². The first-order valence-corrected chi connectivity index (χ1v) is 5.60. The molecule has 1 aromatic heterocycles. The number of rotatable bonds is 4. The molecule has 0 aliphatic heterocycles. The zero-order valence-corrected chi connectivity index (χ0v) is 9.79. The van der Waals surface area contributed by atoms with Gasteiger partial charge in [0, 0.05) is 18.5 Å². The summed E-state index contributed by atoms with van der Waals surface area (Å²) >= 11 is 0. The zero-order valence-electron chi connectivity index (χ0n) is 9.79. The Bertz CT molecular complexity index is 442. The molecule has 2 rings (SSSR count). The van der Waals surface area contributed by atoms with Gasteiger partial charge in [0.15, 0.2) is 0 Å². The Hall–Kier alpha value is -1.54. The van der Waals surface area contributed by atoms with Gasteiger partial charge in [-0.15, -0.1) is 0 Å². The molecular weight excluding hydrogens is 198 g/mol. The van der Waals surface area contributed by atoms with Crippen molar-refractivity contribution < 1.29 is 4.42 Å². The average Bonchev–Trinajstić information content (AvgIpc) is 2.76. The van der Waals surface area contributed by atoms with Gasteiger partial charge in [-0.1, -0.05) is 29.8 Å². The van der Waals surface area contributed by atoms with Gasteiger partial charge in [-0.25, -0.2) is 0 Å². The Kier molecular flexibility index (Phi) is 3.42. The maximum Gasteiger partial charge on any atom is 0.134 e. The molecule has 1 N–H and O–H groups in total. The molecule has 0 radical (unpaired) electrons. The lowest BCUT2D eigenvalue weighted by atomic mass is 10.1. The van der Waals surface area contributed by atoms with Crippen molar-refractivity contribution >= 4 is 0 Å². The molecule has 0 fully saturated rings. The molecule has 0 unspecified atom stereocenters. The van der Waals surface area contributed by atoms with E-state index in [9.17, 15) is 0 Å². The van der Waals surface area contributed by atoms with Crippen LogP contribution in [0.3, 0.4) is 0 Å². The SMILES string of the molecule is CNCCc1ccc(-c2ccc(C)cc2)o1. The molecule has 0 saturated carbocycles. The van der Waals surface area contributed by atoms with Crippen LogP contribution in [0.15, 0.2) is 40.8 Å². The third kappa shape index (κ3) is 2.52. The molecule has 0 amide bonds. The average molecular weight is 215 g/mol. The largest absolute Gasteiger partial charge is 0.461 e. The van der Waals surface area contributed by atoms with Crippen molar-refractivity contribution in [3.05, 3.63) is 47.7 Å². The predicted molar refractivity (Wildman–Crippen MR) is 66.5 cm³/mol. The Morgan fingerprint density at radius 3 is 2.50 bits per heavy atom. The molecule has 84 valence electrons. The molecule has 0 aliphatic carbocycles. The molecule has 1 heterocycles.